The van der Waals surface area contributed by atoms with Crippen LogP contribution in [0.3, 0.4) is 0 Å². The van der Waals surface area contributed by atoms with Crippen LogP contribution in [0.15, 0.2) is 28.2 Å². The SMILES string of the molecule is O=S(=O)(NCc1ncon1)c1cnn(CCNC2CC2)c1. The highest BCUT2D eigenvalue weighted by molar-refractivity contribution is 7.89. The molecular weight excluding hydrogens is 296 g/mol. The lowest BCUT2D eigenvalue weighted by molar-refractivity contribution is 0.409. The molecule has 3 rings (SSSR count). The van der Waals surface area contributed by atoms with Gasteiger partial charge in [0.15, 0.2) is 5.82 Å². The number of sulfonamides is 1. The van der Waals surface area contributed by atoms with Gasteiger partial charge in [-0.15, -0.1) is 0 Å². The predicted molar refractivity (Wildman–Crippen MR) is 71.6 cm³/mol. The molecule has 0 amide bonds. The summed E-state index contributed by atoms with van der Waals surface area (Å²) in [6, 6.07) is 0.625. The highest BCUT2D eigenvalue weighted by Gasteiger charge is 2.20. The van der Waals surface area contributed by atoms with Crippen molar-refractivity contribution in [1.82, 2.24) is 30.0 Å². The van der Waals surface area contributed by atoms with Crippen LogP contribution in [0.25, 0.3) is 0 Å². The van der Waals surface area contributed by atoms with Crippen molar-refractivity contribution in [2.45, 2.75) is 36.9 Å². The molecule has 0 spiro atoms. The number of hydrogen-bond donors (Lipinski definition) is 2. The summed E-state index contributed by atoms with van der Waals surface area (Å²) < 4.78 is 32.7. The Morgan fingerprint density at radius 1 is 1.43 bits per heavy atom. The largest absolute Gasteiger partial charge is 0.343 e. The van der Waals surface area contributed by atoms with Crippen LogP contribution in [0, 0.1) is 0 Å². The average Bonchev–Trinajstić information content (AvgIpc) is 2.94. The van der Waals surface area contributed by atoms with Crippen LogP contribution < -0.4 is 10.0 Å². The first-order chi connectivity index (χ1) is 10.1. The minimum Gasteiger partial charge on any atom is -0.343 e. The van der Waals surface area contributed by atoms with Crippen molar-refractivity contribution in [2.75, 3.05) is 6.54 Å². The van der Waals surface area contributed by atoms with Gasteiger partial charge in [-0.1, -0.05) is 5.16 Å². The molecule has 1 aliphatic rings. The van der Waals surface area contributed by atoms with Crippen molar-refractivity contribution in [2.24, 2.45) is 0 Å². The summed E-state index contributed by atoms with van der Waals surface area (Å²) in [7, 11) is -3.62. The third-order valence-corrected chi connectivity index (χ3v) is 4.45. The molecule has 0 bridgehead atoms. The predicted octanol–water partition coefficient (Wildman–Crippen LogP) is -0.503. The van der Waals surface area contributed by atoms with Gasteiger partial charge in [-0.05, 0) is 12.8 Å². The molecule has 0 atom stereocenters. The highest BCUT2D eigenvalue weighted by Crippen LogP contribution is 2.18. The van der Waals surface area contributed by atoms with Crippen molar-refractivity contribution in [3.63, 3.8) is 0 Å². The molecule has 114 valence electrons. The molecule has 0 unspecified atom stereocenters. The summed E-state index contributed by atoms with van der Waals surface area (Å²) in [5.74, 6) is 0.277. The van der Waals surface area contributed by atoms with Gasteiger partial charge in [0, 0.05) is 18.8 Å². The maximum Gasteiger partial charge on any atom is 0.244 e. The number of nitrogens with zero attached hydrogens (tertiary/aromatic N) is 4. The van der Waals surface area contributed by atoms with Crippen molar-refractivity contribution in [3.8, 4) is 0 Å². The Bertz CT molecular complexity index is 677. The van der Waals surface area contributed by atoms with E-state index in [9.17, 15) is 8.42 Å². The number of aromatic nitrogens is 4. The lowest BCUT2D eigenvalue weighted by Gasteiger charge is -2.03. The van der Waals surface area contributed by atoms with Gasteiger partial charge in [-0.3, -0.25) is 4.68 Å². The molecule has 9 nitrogen and oxygen atoms in total. The van der Waals surface area contributed by atoms with Gasteiger partial charge in [0.05, 0.1) is 19.3 Å². The molecule has 0 aliphatic heterocycles. The van der Waals surface area contributed by atoms with Gasteiger partial charge in [0.2, 0.25) is 16.4 Å². The van der Waals surface area contributed by atoms with E-state index >= 15 is 0 Å². The van der Waals surface area contributed by atoms with Crippen molar-refractivity contribution in [3.05, 3.63) is 24.6 Å². The lowest BCUT2D eigenvalue weighted by atomic mass is 10.6. The highest BCUT2D eigenvalue weighted by atomic mass is 32.2. The molecule has 0 aromatic carbocycles. The number of hydrogen-bond acceptors (Lipinski definition) is 7. The van der Waals surface area contributed by atoms with E-state index in [-0.39, 0.29) is 17.3 Å². The molecule has 2 N–H and O–H groups in total. The molecular formula is C11H16N6O3S. The fourth-order valence-electron chi connectivity index (χ4n) is 1.79. The minimum atomic E-state index is -3.62. The third-order valence-electron chi connectivity index (χ3n) is 3.10. The second kappa shape index (κ2) is 5.92. The number of nitrogens with one attached hydrogen (secondary N) is 2. The Morgan fingerprint density at radius 2 is 2.29 bits per heavy atom. The minimum absolute atomic E-state index is 0.0206. The molecule has 0 saturated heterocycles. The van der Waals surface area contributed by atoms with E-state index in [1.54, 1.807) is 4.68 Å². The fraction of sp³-hybridized carbons (Fsp3) is 0.545. The van der Waals surface area contributed by atoms with E-state index in [0.29, 0.717) is 12.6 Å². The summed E-state index contributed by atoms with van der Waals surface area (Å²) in [6.45, 7) is 1.40. The Hall–Kier alpha value is -1.78. The van der Waals surface area contributed by atoms with Crippen LogP contribution in [0.5, 0.6) is 0 Å². The second-order valence-corrected chi connectivity index (χ2v) is 6.61. The van der Waals surface area contributed by atoms with Crippen LogP contribution in [-0.4, -0.2) is 40.9 Å². The Balaban J connectivity index is 1.55. The van der Waals surface area contributed by atoms with E-state index in [4.69, 9.17) is 0 Å². The smallest absolute Gasteiger partial charge is 0.244 e. The maximum atomic E-state index is 12.1. The molecule has 10 heteroatoms. The zero-order valence-electron chi connectivity index (χ0n) is 11.3. The molecule has 1 saturated carbocycles. The van der Waals surface area contributed by atoms with E-state index in [0.717, 1.165) is 12.9 Å². The fourth-order valence-corrected chi connectivity index (χ4v) is 2.72. The Morgan fingerprint density at radius 3 is 3.00 bits per heavy atom. The molecule has 2 aromatic rings. The first-order valence-electron chi connectivity index (χ1n) is 6.64. The topological polar surface area (TPSA) is 115 Å². The van der Waals surface area contributed by atoms with Gasteiger partial charge in [0.25, 0.3) is 0 Å². The lowest BCUT2D eigenvalue weighted by Crippen LogP contribution is -2.24. The van der Waals surface area contributed by atoms with Gasteiger partial charge >= 0.3 is 0 Å². The van der Waals surface area contributed by atoms with Gasteiger partial charge in [-0.25, -0.2) is 13.1 Å². The Kier molecular flexibility index (Phi) is 3.99. The summed E-state index contributed by atoms with van der Waals surface area (Å²) in [5, 5.41) is 10.9. The van der Waals surface area contributed by atoms with Crippen molar-refractivity contribution >= 4 is 10.0 Å². The zero-order valence-corrected chi connectivity index (χ0v) is 12.1. The van der Waals surface area contributed by atoms with Crippen LogP contribution in [0.1, 0.15) is 18.7 Å². The number of rotatable bonds is 8. The molecule has 0 radical (unpaired) electrons. The summed E-state index contributed by atoms with van der Waals surface area (Å²) in [6.07, 6.45) is 6.43. The normalized spacial score (nSPS) is 15.4. The molecule has 2 heterocycles. The van der Waals surface area contributed by atoms with Gasteiger partial charge in [-0.2, -0.15) is 10.1 Å². The van der Waals surface area contributed by atoms with Crippen molar-refractivity contribution < 1.29 is 12.9 Å². The first-order valence-corrected chi connectivity index (χ1v) is 8.12. The summed E-state index contributed by atoms with van der Waals surface area (Å²) in [5.41, 5.74) is 0. The van der Waals surface area contributed by atoms with Crippen molar-refractivity contribution in [1.29, 1.82) is 0 Å². The third kappa shape index (κ3) is 3.86. The van der Waals surface area contributed by atoms with E-state index < -0.39 is 10.0 Å². The van der Waals surface area contributed by atoms with Crippen LogP contribution in [0.4, 0.5) is 0 Å². The molecule has 2 aromatic heterocycles. The van der Waals surface area contributed by atoms with E-state index in [1.807, 2.05) is 0 Å². The maximum absolute atomic E-state index is 12.1. The van der Waals surface area contributed by atoms with Gasteiger partial charge in [0.1, 0.15) is 4.90 Å². The van der Waals surface area contributed by atoms with Crippen LogP contribution in [-0.2, 0) is 23.1 Å². The second-order valence-electron chi connectivity index (χ2n) is 4.84. The van der Waals surface area contributed by atoms with E-state index in [2.05, 4.69) is 29.8 Å². The Labute approximate surface area is 121 Å². The van der Waals surface area contributed by atoms with Crippen LogP contribution in [0.2, 0.25) is 0 Å². The van der Waals surface area contributed by atoms with Gasteiger partial charge < -0.3 is 9.84 Å². The molecule has 1 aliphatic carbocycles. The van der Waals surface area contributed by atoms with Crippen LogP contribution >= 0.6 is 0 Å². The molecule has 1 fully saturated rings. The standard InChI is InChI=1S/C11H16N6O3S/c18-21(19,15-6-11-13-8-20-16-11)10-5-14-17(7-10)4-3-12-9-1-2-9/h5,7-9,12,15H,1-4,6H2. The summed E-state index contributed by atoms with van der Waals surface area (Å²) in [4.78, 5) is 3.87. The first kappa shape index (κ1) is 14.2. The summed E-state index contributed by atoms with van der Waals surface area (Å²) >= 11 is 0. The average molecular weight is 312 g/mol. The zero-order chi connectivity index (χ0) is 14.7. The monoisotopic (exact) mass is 312 g/mol. The van der Waals surface area contributed by atoms with E-state index in [1.165, 1.54) is 25.2 Å². The molecule has 21 heavy (non-hydrogen) atoms. The quantitative estimate of drug-likeness (QED) is 0.675.